The number of carbonyl (C=O) groups is 2. The van der Waals surface area contributed by atoms with Gasteiger partial charge in [-0.25, -0.2) is 4.79 Å². The van der Waals surface area contributed by atoms with Gasteiger partial charge >= 0.3 is 5.97 Å². The third-order valence-corrected chi connectivity index (χ3v) is 6.46. The molecule has 27 heavy (non-hydrogen) atoms. The first-order valence-corrected chi connectivity index (χ1v) is 10.5. The molecule has 0 saturated heterocycles. The zero-order chi connectivity index (χ0) is 19.4. The van der Waals surface area contributed by atoms with Gasteiger partial charge in [0, 0.05) is 10.6 Å². The molecule has 3 rings (SSSR count). The Labute approximate surface area is 164 Å². The molecule has 0 saturated carbocycles. The molecule has 4 nitrogen and oxygen atoms in total. The van der Waals surface area contributed by atoms with Crippen LogP contribution in [0.1, 0.15) is 59.3 Å². The summed E-state index contributed by atoms with van der Waals surface area (Å²) in [5.74, 6) is -0.0221. The molecule has 1 amide bonds. The van der Waals surface area contributed by atoms with Crippen LogP contribution in [0.4, 0.5) is 5.69 Å². The predicted molar refractivity (Wildman–Crippen MR) is 109 cm³/mol. The van der Waals surface area contributed by atoms with E-state index in [0.29, 0.717) is 16.5 Å². The van der Waals surface area contributed by atoms with Crippen LogP contribution in [0.15, 0.2) is 30.3 Å². The van der Waals surface area contributed by atoms with Gasteiger partial charge in [-0.1, -0.05) is 32.4 Å². The van der Waals surface area contributed by atoms with Crippen LogP contribution in [0, 0.1) is 5.92 Å². The van der Waals surface area contributed by atoms with E-state index in [9.17, 15) is 9.59 Å². The van der Waals surface area contributed by atoms with Crippen LogP contribution in [-0.2, 0) is 28.8 Å². The molecule has 0 fully saturated rings. The number of aryl methyl sites for hydroxylation is 2. The molecular weight excluding hydrogens is 358 g/mol. The van der Waals surface area contributed by atoms with Crippen LogP contribution in [0.3, 0.4) is 0 Å². The van der Waals surface area contributed by atoms with E-state index < -0.39 is 12.1 Å². The fraction of sp³-hybridized carbons (Fsp3) is 0.455. The first kappa shape index (κ1) is 19.6. The number of thiophene rings is 1. The summed E-state index contributed by atoms with van der Waals surface area (Å²) in [5, 5.41) is 2.80. The van der Waals surface area contributed by atoms with E-state index in [1.807, 2.05) is 30.3 Å². The summed E-state index contributed by atoms with van der Waals surface area (Å²) in [4.78, 5) is 26.7. The highest BCUT2D eigenvalue weighted by molar-refractivity contribution is 7.14. The quantitative estimate of drug-likeness (QED) is 0.711. The normalized spacial score (nSPS) is 17.1. The van der Waals surface area contributed by atoms with Crippen LogP contribution in [0.5, 0.6) is 0 Å². The zero-order valence-corrected chi connectivity index (χ0v) is 17.0. The van der Waals surface area contributed by atoms with Crippen molar-refractivity contribution in [1.82, 2.24) is 0 Å². The van der Waals surface area contributed by atoms with Gasteiger partial charge in [0.25, 0.3) is 5.91 Å². The first-order valence-electron chi connectivity index (χ1n) is 9.72. The molecule has 1 heterocycles. The number of ether oxygens (including phenoxy) is 1. The van der Waals surface area contributed by atoms with Crippen LogP contribution >= 0.6 is 11.3 Å². The summed E-state index contributed by atoms with van der Waals surface area (Å²) in [5.41, 5.74) is 3.19. The molecule has 5 heteroatoms. The maximum atomic E-state index is 12.5. The molecule has 1 aliphatic carbocycles. The Kier molecular flexibility index (Phi) is 6.32. The minimum Gasteiger partial charge on any atom is -0.448 e. The smallest absolute Gasteiger partial charge is 0.349 e. The summed E-state index contributed by atoms with van der Waals surface area (Å²) in [6.45, 7) is 5.90. The van der Waals surface area contributed by atoms with E-state index in [4.69, 9.17) is 4.74 Å². The fourth-order valence-electron chi connectivity index (χ4n) is 3.39. The Balaban J connectivity index is 1.58. The molecule has 1 aromatic heterocycles. The van der Waals surface area contributed by atoms with Crippen molar-refractivity contribution in [2.24, 2.45) is 5.92 Å². The Bertz CT molecular complexity index is 809. The molecule has 1 aromatic carbocycles. The first-order chi connectivity index (χ1) is 13.0. The van der Waals surface area contributed by atoms with Gasteiger partial charge in [-0.15, -0.1) is 11.3 Å². The van der Waals surface area contributed by atoms with E-state index >= 15 is 0 Å². The lowest BCUT2D eigenvalue weighted by atomic mass is 9.87. The Morgan fingerprint density at radius 2 is 2.00 bits per heavy atom. The van der Waals surface area contributed by atoms with Crippen molar-refractivity contribution in [3.05, 3.63) is 51.2 Å². The molecule has 0 radical (unpaired) electrons. The van der Waals surface area contributed by atoms with E-state index in [2.05, 4.69) is 19.2 Å². The van der Waals surface area contributed by atoms with Crippen molar-refractivity contribution in [3.63, 3.8) is 0 Å². The van der Waals surface area contributed by atoms with Crippen molar-refractivity contribution in [2.75, 3.05) is 5.32 Å². The van der Waals surface area contributed by atoms with Gasteiger partial charge in [-0.3, -0.25) is 4.79 Å². The standard InChI is InChI=1S/C22H27NO3S/c1-4-15-6-9-18(10-7-15)23-21(24)14(3)26-22(25)20-13-17-12-16(5-2)8-11-19(17)27-20/h6-7,9-10,13-14,16H,4-5,8,11-12H2,1-3H3,(H,23,24)/t14-,16-/m0/s1. The lowest BCUT2D eigenvalue weighted by Crippen LogP contribution is -2.29. The van der Waals surface area contributed by atoms with Gasteiger partial charge in [0.2, 0.25) is 0 Å². The summed E-state index contributed by atoms with van der Waals surface area (Å²) >= 11 is 1.51. The number of rotatable bonds is 6. The number of nitrogens with one attached hydrogen (secondary N) is 1. The van der Waals surface area contributed by atoms with E-state index in [1.165, 1.54) is 40.2 Å². The number of amides is 1. The monoisotopic (exact) mass is 385 g/mol. The van der Waals surface area contributed by atoms with Crippen LogP contribution in [0.2, 0.25) is 0 Å². The summed E-state index contributed by atoms with van der Waals surface area (Å²) in [7, 11) is 0. The number of esters is 1. The zero-order valence-electron chi connectivity index (χ0n) is 16.2. The molecular formula is C22H27NO3S. The SMILES string of the molecule is CCc1ccc(NC(=O)[C@H](C)OC(=O)c2cc3c(s2)CC[C@H](CC)C3)cc1. The molecule has 0 spiro atoms. The van der Waals surface area contributed by atoms with Crippen molar-refractivity contribution >= 4 is 28.9 Å². The van der Waals surface area contributed by atoms with Crippen molar-refractivity contribution in [1.29, 1.82) is 0 Å². The number of hydrogen-bond acceptors (Lipinski definition) is 4. The highest BCUT2D eigenvalue weighted by atomic mass is 32.1. The van der Waals surface area contributed by atoms with Gasteiger partial charge in [0.05, 0.1) is 0 Å². The van der Waals surface area contributed by atoms with Crippen molar-refractivity contribution in [3.8, 4) is 0 Å². The third-order valence-electron chi connectivity index (χ3n) is 5.25. The lowest BCUT2D eigenvalue weighted by Gasteiger charge is -2.19. The van der Waals surface area contributed by atoms with Crippen LogP contribution in [0.25, 0.3) is 0 Å². The second-order valence-electron chi connectivity index (χ2n) is 7.16. The highest BCUT2D eigenvalue weighted by Gasteiger charge is 2.25. The van der Waals surface area contributed by atoms with Crippen molar-refractivity contribution < 1.29 is 14.3 Å². The molecule has 1 N–H and O–H groups in total. The van der Waals surface area contributed by atoms with E-state index in [-0.39, 0.29) is 5.91 Å². The Morgan fingerprint density at radius 1 is 1.26 bits per heavy atom. The molecule has 2 atom stereocenters. The summed E-state index contributed by atoms with van der Waals surface area (Å²) in [6, 6.07) is 9.64. The number of benzene rings is 1. The predicted octanol–water partition coefficient (Wildman–Crippen LogP) is 5.01. The van der Waals surface area contributed by atoms with Gasteiger partial charge in [0.1, 0.15) is 4.88 Å². The molecule has 1 aliphatic rings. The van der Waals surface area contributed by atoms with Crippen LogP contribution in [-0.4, -0.2) is 18.0 Å². The van der Waals surface area contributed by atoms with Gasteiger partial charge in [-0.05, 0) is 67.9 Å². The second kappa shape index (κ2) is 8.70. The van der Waals surface area contributed by atoms with Gasteiger partial charge < -0.3 is 10.1 Å². The summed E-state index contributed by atoms with van der Waals surface area (Å²) < 4.78 is 5.41. The minimum absolute atomic E-state index is 0.319. The largest absolute Gasteiger partial charge is 0.448 e. The Morgan fingerprint density at radius 3 is 2.67 bits per heavy atom. The topological polar surface area (TPSA) is 55.4 Å². The average molecular weight is 386 g/mol. The molecule has 144 valence electrons. The lowest BCUT2D eigenvalue weighted by molar-refractivity contribution is -0.123. The number of fused-ring (bicyclic) bond motifs is 1. The number of hydrogen-bond donors (Lipinski definition) is 1. The van der Waals surface area contributed by atoms with Gasteiger partial charge in [-0.2, -0.15) is 0 Å². The van der Waals surface area contributed by atoms with E-state index in [0.717, 1.165) is 19.3 Å². The molecule has 0 bridgehead atoms. The van der Waals surface area contributed by atoms with E-state index in [1.54, 1.807) is 6.92 Å². The average Bonchev–Trinajstić information content (AvgIpc) is 3.11. The van der Waals surface area contributed by atoms with Gasteiger partial charge in [0.15, 0.2) is 6.10 Å². The molecule has 0 aliphatic heterocycles. The maximum Gasteiger partial charge on any atom is 0.349 e. The molecule has 0 unspecified atom stereocenters. The minimum atomic E-state index is -0.842. The van der Waals surface area contributed by atoms with Crippen molar-refractivity contribution in [2.45, 2.75) is 59.0 Å². The summed E-state index contributed by atoms with van der Waals surface area (Å²) in [6.07, 6.45) is 4.55. The maximum absolute atomic E-state index is 12.5. The number of anilines is 1. The fourth-order valence-corrected chi connectivity index (χ4v) is 4.48. The molecule has 2 aromatic rings. The third kappa shape index (κ3) is 4.78. The van der Waals surface area contributed by atoms with Crippen LogP contribution < -0.4 is 5.32 Å². The second-order valence-corrected chi connectivity index (χ2v) is 8.30. The number of carbonyl (C=O) groups excluding carboxylic acids is 2. The highest BCUT2D eigenvalue weighted by Crippen LogP contribution is 2.34. The Hall–Kier alpha value is -2.14.